The number of hydrogen-bond acceptors (Lipinski definition) is 10. The fourth-order valence-corrected chi connectivity index (χ4v) is 0. The Labute approximate surface area is 710 Å². The van der Waals surface area contributed by atoms with Crippen molar-refractivity contribution in [3.8, 4) is 0 Å². The van der Waals surface area contributed by atoms with Crippen LogP contribution in [0.5, 0.6) is 0 Å². The van der Waals surface area contributed by atoms with Crippen molar-refractivity contribution in [2.45, 2.75) is 13.8 Å². The van der Waals surface area contributed by atoms with Gasteiger partial charge in [-0.3, -0.25) is 72.6 Å². The number of methoxy groups -OCH3 is 5. The van der Waals surface area contributed by atoms with Crippen molar-refractivity contribution in [1.82, 2.24) is 0 Å². The number of nitrogens with two attached hydrogens (primary N) is 3. The van der Waals surface area contributed by atoms with E-state index < -0.39 is 29.1 Å². The molecule has 0 aromatic rings. The summed E-state index contributed by atoms with van der Waals surface area (Å²) in [6.45, 7) is 50.9. The van der Waals surface area contributed by atoms with Crippen LogP contribution in [0.3, 0.4) is 0 Å². The predicted molar refractivity (Wildman–Crippen MR) is 325 cm³/mol. The first-order valence-electron chi connectivity index (χ1n) is 12.9. The van der Waals surface area contributed by atoms with Gasteiger partial charge >= 0.3 is 196 Å². The van der Waals surface area contributed by atoms with Gasteiger partial charge in [-0.05, 0) is 0 Å². The maximum absolute atomic E-state index is 9.36. The van der Waals surface area contributed by atoms with Gasteiger partial charge in [0.1, 0.15) is 0 Å². The Balaban J connectivity index is -0.00000000622. The first-order valence-corrected chi connectivity index (χ1v) is 20.3. The van der Waals surface area contributed by atoms with E-state index in [-0.39, 0.29) is 339 Å². The number of amides is 3. The molecule has 0 saturated heterocycles. The van der Waals surface area contributed by atoms with Crippen molar-refractivity contribution >= 4 is 145 Å². The Bertz CT molecular complexity index is 745. The molecule has 0 aromatic heterocycles. The second-order valence-corrected chi connectivity index (χ2v) is 8.75. The molecule has 0 spiro atoms. The molecule has 10 atom stereocenters. The molecule has 16 nitrogen and oxygen atoms in total. The van der Waals surface area contributed by atoms with Crippen LogP contribution in [0.15, 0.2) is 58.2 Å². The SMILES string of the molecule is CC.COC(=O)Cl.COC(=O)Cl.COC([NH-])=O.COC([NH-])=O.COC([NH-])=O.[CH-]=CP.[CH-]=CP.[CH-]=CP.[CH-]=CP.[CH-]=CP.[CH-]=CP.[CH-]=CP.[CH-]=CP.[CH-]=CP.[CH-]=CP.[CH3-].[CH3-].[CH3-].[CH3-].[NH2-].[NH2-].[NH2-].[V+2].[V+2].[V+2].[V+2].[V+2].[V+2].[V+2].[V+2].[V+2].[V+2].[W].[W].[W].[W].[W]. The Morgan fingerprint density at radius 2 is 0.329 bits per heavy atom. The fourth-order valence-electron chi connectivity index (χ4n) is 0. The van der Waals surface area contributed by atoms with Crippen molar-refractivity contribution in [1.29, 1.82) is 0 Å². The molecule has 0 aliphatic heterocycles. The quantitative estimate of drug-likeness (QED) is 0.0955. The van der Waals surface area contributed by atoms with Crippen molar-refractivity contribution in [2.75, 3.05) is 35.5 Å². The summed E-state index contributed by atoms with van der Waals surface area (Å²) in [6, 6.07) is 0. The fraction of sp³-hybridized carbons (Fsp3) is 0.194. The van der Waals surface area contributed by atoms with E-state index in [1.165, 1.54) is 72.4 Å². The third kappa shape index (κ3) is 1850. The molecule has 0 rings (SSSR count). The van der Waals surface area contributed by atoms with Crippen LogP contribution in [0, 0.1) is 95.5 Å². The maximum atomic E-state index is 9.36. The van der Waals surface area contributed by atoms with Gasteiger partial charge in [0, 0.05) is 129 Å². The minimum absolute atomic E-state index is 0. The van der Waals surface area contributed by atoms with Gasteiger partial charge in [0.25, 0.3) is 0 Å². The largest absolute Gasteiger partial charge is 2.00 e. The predicted octanol–water partition coefficient (Wildman–Crippen LogP) is 17.4. The molecule has 10 unspecified atom stereocenters. The van der Waals surface area contributed by atoms with Gasteiger partial charge in [-0.2, -0.15) is 92.4 Å². The van der Waals surface area contributed by atoms with E-state index in [1.54, 1.807) is 0 Å². The van der Waals surface area contributed by atoms with E-state index >= 15 is 0 Å². The van der Waals surface area contributed by atoms with Gasteiger partial charge in [-0.1, -0.05) is 13.8 Å². The van der Waals surface area contributed by atoms with Crippen molar-refractivity contribution in [2.24, 2.45) is 0 Å². The molecule has 0 heterocycles. The molecular weight excluding hydrogens is 2490 g/mol. The molecule has 0 aromatic carbocycles. The first kappa shape index (κ1) is 268. The zero-order chi connectivity index (χ0) is 50.5. The standard InChI is InChI=1S/2C2H3ClO2.3C2H5NO2.10C2H4P.C2H6.4CH3.3H2N.10V.5W/c5*1-5-2(3)4;10*1-2-3;1-2;;;;;;;;;;;;;;;;;;;;;;/h2*1H3;3*1H3,(H2,3,4);10*1-2H,3H2;1-2H3;4*1H3;3*1H2;;;;;;;;;;;;;;;/q;;;;;10*-1;;7*-1;10*+2;;;;;/p-3. The average Bonchev–Trinajstić information content (AvgIpc) is 3.13. The number of hydrogen-bond donors (Lipinski definition) is 0. The van der Waals surface area contributed by atoms with Crippen LogP contribution >= 0.6 is 116 Å². The van der Waals surface area contributed by atoms with Crippen LogP contribution in [-0.4, -0.2) is 64.7 Å². The topological polar surface area (TPSA) is 303 Å². The van der Waals surface area contributed by atoms with Crippen molar-refractivity contribution < 1.29 is 339 Å². The molecule has 0 bridgehead atoms. The second kappa shape index (κ2) is 429. The summed E-state index contributed by atoms with van der Waals surface area (Å²) >= 11 is 9.20. The smallest absolute Gasteiger partial charge is 0.693 e. The monoisotopic (exact) mass is 2570 g/mol. The molecular formula is C36H82Cl2N6O10P10V10W5. The van der Waals surface area contributed by atoms with Gasteiger partial charge in [0.05, 0.1) is 35.5 Å². The maximum Gasteiger partial charge on any atom is 2.00 e. The summed E-state index contributed by atoms with van der Waals surface area (Å²) in [4.78, 5) is 46.5. The summed E-state index contributed by atoms with van der Waals surface area (Å²) < 4.78 is 19.1. The Kier molecular flexibility index (Phi) is 1450. The summed E-state index contributed by atoms with van der Waals surface area (Å²) in [5.74, 6) is 14.2. The molecule has 3 amide bonds. The molecule has 0 saturated carbocycles. The van der Waals surface area contributed by atoms with E-state index in [0.717, 1.165) is 21.3 Å². The van der Waals surface area contributed by atoms with E-state index in [2.05, 4.69) is 205 Å². The first-order chi connectivity index (χ1) is 26.5. The Morgan fingerprint density at radius 1 is 0.304 bits per heavy atom. The molecule has 43 heteroatoms. The van der Waals surface area contributed by atoms with Crippen molar-refractivity contribution in [3.63, 3.8) is 0 Å². The van der Waals surface area contributed by atoms with Crippen LogP contribution in [0.25, 0.3) is 35.7 Å². The second-order valence-electron chi connectivity index (χ2n) is 4.28. The minimum atomic E-state index is -0.995. The summed E-state index contributed by atoms with van der Waals surface area (Å²) in [5.41, 5.74) is 16.3. The van der Waals surface area contributed by atoms with E-state index in [0.29, 0.717) is 0 Å². The third-order valence-electron chi connectivity index (χ3n) is 0.877. The van der Waals surface area contributed by atoms with Crippen LogP contribution in [0.4, 0.5) is 24.0 Å². The van der Waals surface area contributed by atoms with Crippen LogP contribution in [0.1, 0.15) is 13.8 Å². The van der Waals surface area contributed by atoms with Gasteiger partial charge in [-0.15, -0.1) is 0 Å². The summed E-state index contributed by atoms with van der Waals surface area (Å²) in [5, 5.41) is 0. The molecule has 0 aliphatic carbocycles. The van der Waals surface area contributed by atoms with Crippen molar-refractivity contribution in [3.05, 3.63) is 189 Å². The molecule has 0 fully saturated rings. The van der Waals surface area contributed by atoms with Gasteiger partial charge < -0.3 is 155 Å². The van der Waals surface area contributed by atoms with Crippen LogP contribution in [-0.2, 0) is 315 Å². The molecule has 460 valence electrons. The normalized spacial score (nSPS) is 3.84. The van der Waals surface area contributed by atoms with E-state index in [1.807, 2.05) is 13.8 Å². The Morgan fingerprint density at radius 3 is 0.329 bits per heavy atom. The summed E-state index contributed by atoms with van der Waals surface area (Å²) in [7, 11) is 28.2. The molecule has 9 N–H and O–H groups in total. The van der Waals surface area contributed by atoms with Gasteiger partial charge in [-0.25, -0.2) is 9.59 Å². The van der Waals surface area contributed by atoms with Crippen LogP contribution < -0.4 is 0 Å². The summed E-state index contributed by atoms with van der Waals surface area (Å²) in [6.07, 6.45) is -2.99. The van der Waals surface area contributed by atoms with E-state index in [9.17, 15) is 24.0 Å². The zero-order valence-corrected chi connectivity index (χ0v) is 87.1. The number of halogens is 2. The number of rotatable bonds is 0. The number of ether oxygens (including phenoxy) is 5. The third-order valence-corrected chi connectivity index (χ3v) is 1.19. The Hall–Kier alpha value is 8.20. The number of carbonyl (C=O) groups is 5. The average molecular weight is 2570 g/mol. The number of nitrogens with one attached hydrogen (secondary N) is 3. The van der Waals surface area contributed by atoms with Gasteiger partial charge in [0.2, 0.25) is 18.3 Å². The molecule has 10 radical (unpaired) electrons. The minimum Gasteiger partial charge on any atom is -0.693 e. The van der Waals surface area contributed by atoms with Gasteiger partial charge in [0.15, 0.2) is 0 Å². The number of carbonyl (C=O) groups excluding carboxylic acids is 5. The zero-order valence-electron chi connectivity index (χ0n) is 45.4. The van der Waals surface area contributed by atoms with Crippen LogP contribution in [0.2, 0.25) is 0 Å². The van der Waals surface area contributed by atoms with E-state index in [4.69, 9.17) is 17.2 Å². The molecule has 0 aliphatic rings. The molecule has 79 heavy (non-hydrogen) atoms.